The van der Waals surface area contributed by atoms with Gasteiger partial charge in [-0.05, 0) is 12.5 Å². The van der Waals surface area contributed by atoms with E-state index in [1.165, 1.54) is 12.3 Å². The molecule has 0 unspecified atom stereocenters. The third-order valence-corrected chi connectivity index (χ3v) is 2.24. The molecule has 0 aromatic carbocycles. The van der Waals surface area contributed by atoms with Crippen LogP contribution < -0.4 is 5.56 Å². The van der Waals surface area contributed by atoms with E-state index in [-0.39, 0.29) is 16.5 Å². The molecule has 0 saturated heterocycles. The summed E-state index contributed by atoms with van der Waals surface area (Å²) < 4.78 is 1.11. The van der Waals surface area contributed by atoms with Crippen LogP contribution >= 0.6 is 11.6 Å². The molecule has 0 radical (unpaired) electrons. The Balaban J connectivity index is 3.01. The summed E-state index contributed by atoms with van der Waals surface area (Å²) in [6.07, 6.45) is 1.48. The molecule has 0 aliphatic heterocycles. The number of hydrogen-bond acceptors (Lipinski definition) is 4. The third kappa shape index (κ3) is 1.63. The van der Waals surface area contributed by atoms with Crippen LogP contribution in [-0.2, 0) is 0 Å². The first kappa shape index (κ1) is 10.6. The highest BCUT2D eigenvalue weighted by molar-refractivity contribution is 6.29. The summed E-state index contributed by atoms with van der Waals surface area (Å²) in [7, 11) is 0. The molecule has 2 aromatic rings. The topological polar surface area (TPSA) is 77.5 Å². The summed E-state index contributed by atoms with van der Waals surface area (Å²) in [6.45, 7) is 1.66. The van der Waals surface area contributed by atoms with Gasteiger partial charge in [0.05, 0.1) is 4.92 Å². The number of halogens is 1. The molecular weight excluding hydrogens is 234 g/mol. The Bertz CT molecular complexity index is 650. The predicted octanol–water partition coefficient (Wildman–Crippen LogP) is 1.56. The molecule has 0 aliphatic carbocycles. The van der Waals surface area contributed by atoms with Gasteiger partial charge >= 0.3 is 5.69 Å². The Morgan fingerprint density at radius 1 is 1.50 bits per heavy atom. The minimum Gasteiger partial charge on any atom is -0.269 e. The third-order valence-electron chi connectivity index (χ3n) is 2.04. The summed E-state index contributed by atoms with van der Waals surface area (Å²) in [5.41, 5.74) is -0.125. The van der Waals surface area contributed by atoms with Crippen LogP contribution in [0, 0.1) is 17.0 Å². The molecule has 0 bridgehead atoms. The van der Waals surface area contributed by atoms with Crippen LogP contribution in [0.25, 0.3) is 5.65 Å². The number of nitrogens with zero attached hydrogens (tertiary/aromatic N) is 3. The molecule has 0 amide bonds. The highest BCUT2D eigenvalue weighted by Crippen LogP contribution is 2.19. The van der Waals surface area contributed by atoms with E-state index in [1.54, 1.807) is 6.92 Å². The van der Waals surface area contributed by atoms with Crippen molar-refractivity contribution in [1.82, 2.24) is 9.38 Å². The predicted molar refractivity (Wildman–Crippen MR) is 57.9 cm³/mol. The molecule has 0 spiro atoms. The van der Waals surface area contributed by atoms with Crippen LogP contribution in [0.4, 0.5) is 5.69 Å². The summed E-state index contributed by atoms with van der Waals surface area (Å²) in [5, 5.41) is 10.7. The zero-order chi connectivity index (χ0) is 11.9. The molecule has 0 saturated carbocycles. The van der Waals surface area contributed by atoms with E-state index in [0.29, 0.717) is 5.56 Å². The minimum absolute atomic E-state index is 0.0481. The van der Waals surface area contributed by atoms with Gasteiger partial charge in [-0.3, -0.25) is 19.3 Å². The molecule has 0 fully saturated rings. The zero-order valence-corrected chi connectivity index (χ0v) is 8.93. The number of rotatable bonds is 1. The Morgan fingerprint density at radius 3 is 2.81 bits per heavy atom. The van der Waals surface area contributed by atoms with Crippen molar-refractivity contribution in [2.45, 2.75) is 6.92 Å². The first-order valence-corrected chi connectivity index (χ1v) is 4.71. The lowest BCUT2D eigenvalue weighted by atomic mass is 10.3. The van der Waals surface area contributed by atoms with Crippen molar-refractivity contribution in [3.63, 3.8) is 0 Å². The van der Waals surface area contributed by atoms with E-state index in [2.05, 4.69) is 4.98 Å². The standard InChI is InChI=1S/C9H6ClN3O3/c1-5-2-6(13(15)16)9-11-7(10)3-8(14)12(9)4-5/h2-4H,1H3. The normalized spacial score (nSPS) is 10.6. The van der Waals surface area contributed by atoms with Crippen molar-refractivity contribution >= 4 is 22.9 Å². The van der Waals surface area contributed by atoms with E-state index < -0.39 is 10.5 Å². The summed E-state index contributed by atoms with van der Waals surface area (Å²) in [4.78, 5) is 25.5. The number of hydrogen-bond donors (Lipinski definition) is 0. The molecule has 16 heavy (non-hydrogen) atoms. The lowest BCUT2D eigenvalue weighted by Gasteiger charge is -2.02. The van der Waals surface area contributed by atoms with E-state index in [0.717, 1.165) is 10.5 Å². The van der Waals surface area contributed by atoms with Crippen LogP contribution in [0.3, 0.4) is 0 Å². The lowest BCUT2D eigenvalue weighted by molar-refractivity contribution is -0.383. The first-order valence-electron chi connectivity index (χ1n) is 4.33. The average molecular weight is 240 g/mol. The molecule has 82 valence electrons. The zero-order valence-electron chi connectivity index (χ0n) is 8.18. The number of aromatic nitrogens is 2. The van der Waals surface area contributed by atoms with Crippen molar-refractivity contribution in [3.8, 4) is 0 Å². The van der Waals surface area contributed by atoms with Crippen molar-refractivity contribution in [2.24, 2.45) is 0 Å². The van der Waals surface area contributed by atoms with Crippen LogP contribution in [-0.4, -0.2) is 14.3 Å². The second-order valence-corrected chi connectivity index (χ2v) is 3.66. The second kappa shape index (κ2) is 3.57. The summed E-state index contributed by atoms with van der Waals surface area (Å²) in [6, 6.07) is 2.45. The van der Waals surface area contributed by atoms with E-state index >= 15 is 0 Å². The van der Waals surface area contributed by atoms with Gasteiger partial charge in [0.15, 0.2) is 0 Å². The lowest BCUT2D eigenvalue weighted by Crippen LogP contribution is -2.15. The van der Waals surface area contributed by atoms with Gasteiger partial charge in [-0.25, -0.2) is 4.98 Å². The van der Waals surface area contributed by atoms with E-state index in [9.17, 15) is 14.9 Å². The fraction of sp³-hybridized carbons (Fsp3) is 0.111. The molecule has 2 rings (SSSR count). The fourth-order valence-corrected chi connectivity index (χ4v) is 1.60. The van der Waals surface area contributed by atoms with Crippen molar-refractivity contribution in [3.05, 3.63) is 49.5 Å². The average Bonchev–Trinajstić information content (AvgIpc) is 2.18. The molecule has 0 aliphatic rings. The Labute approximate surface area is 94.3 Å². The van der Waals surface area contributed by atoms with Crippen LogP contribution in [0.5, 0.6) is 0 Å². The van der Waals surface area contributed by atoms with Gasteiger partial charge in [-0.15, -0.1) is 0 Å². The highest BCUT2D eigenvalue weighted by Gasteiger charge is 2.15. The maximum Gasteiger partial charge on any atom is 0.312 e. The maximum atomic E-state index is 11.5. The maximum absolute atomic E-state index is 11.5. The molecule has 7 heteroatoms. The van der Waals surface area contributed by atoms with Gasteiger partial charge in [0.2, 0.25) is 5.65 Å². The molecule has 6 nitrogen and oxygen atoms in total. The number of pyridine rings is 1. The SMILES string of the molecule is Cc1cc([N+](=O)[O-])c2nc(Cl)cc(=O)n2c1. The van der Waals surface area contributed by atoms with Crippen molar-refractivity contribution < 1.29 is 4.92 Å². The monoisotopic (exact) mass is 239 g/mol. The van der Waals surface area contributed by atoms with Crippen LogP contribution in [0.1, 0.15) is 5.56 Å². The van der Waals surface area contributed by atoms with Gasteiger partial charge in [0.1, 0.15) is 5.15 Å². The van der Waals surface area contributed by atoms with Crippen molar-refractivity contribution in [2.75, 3.05) is 0 Å². The molecule has 0 atom stereocenters. The smallest absolute Gasteiger partial charge is 0.269 e. The second-order valence-electron chi connectivity index (χ2n) is 3.27. The van der Waals surface area contributed by atoms with Gasteiger partial charge in [0, 0.05) is 18.3 Å². The van der Waals surface area contributed by atoms with E-state index in [1.807, 2.05) is 0 Å². The Hall–Kier alpha value is -1.95. The molecule has 2 heterocycles. The van der Waals surface area contributed by atoms with Gasteiger partial charge in [-0.2, -0.15) is 0 Å². The van der Waals surface area contributed by atoms with Crippen molar-refractivity contribution in [1.29, 1.82) is 0 Å². The van der Waals surface area contributed by atoms with Gasteiger partial charge in [0.25, 0.3) is 5.56 Å². The van der Waals surface area contributed by atoms with Gasteiger partial charge in [-0.1, -0.05) is 11.6 Å². The molecular formula is C9H6ClN3O3. The number of fused-ring (bicyclic) bond motifs is 1. The minimum atomic E-state index is -0.592. The van der Waals surface area contributed by atoms with Crippen LogP contribution in [0.15, 0.2) is 23.1 Å². The Kier molecular flexibility index (Phi) is 2.35. The highest BCUT2D eigenvalue weighted by atomic mass is 35.5. The molecule has 0 N–H and O–H groups in total. The summed E-state index contributed by atoms with van der Waals surface area (Å²) in [5.74, 6) is 0. The Morgan fingerprint density at radius 2 is 2.19 bits per heavy atom. The van der Waals surface area contributed by atoms with Gasteiger partial charge < -0.3 is 0 Å². The first-order chi connectivity index (χ1) is 7.49. The largest absolute Gasteiger partial charge is 0.312 e. The summed E-state index contributed by atoms with van der Waals surface area (Å²) >= 11 is 5.59. The van der Waals surface area contributed by atoms with E-state index in [4.69, 9.17) is 11.6 Å². The molecule has 2 aromatic heterocycles. The fourth-order valence-electron chi connectivity index (χ4n) is 1.42. The number of nitro groups is 1. The quantitative estimate of drug-likeness (QED) is 0.430. The van der Waals surface area contributed by atoms with Crippen LogP contribution in [0.2, 0.25) is 5.15 Å². The number of aryl methyl sites for hydroxylation is 1.